The Kier molecular flexibility index (Phi) is 4.81. The van der Waals surface area contributed by atoms with Crippen molar-refractivity contribution in [1.82, 2.24) is 10.2 Å². The van der Waals surface area contributed by atoms with Crippen LogP contribution in [0.3, 0.4) is 0 Å². The Bertz CT molecular complexity index is 356. The molecule has 3 fully saturated rings. The summed E-state index contributed by atoms with van der Waals surface area (Å²) in [4.78, 5) is 25.1. The predicted octanol–water partition coefficient (Wildman–Crippen LogP) is 0.709. The van der Waals surface area contributed by atoms with Gasteiger partial charge in [0.05, 0.1) is 6.54 Å². The van der Waals surface area contributed by atoms with Crippen LogP contribution in [0.4, 0.5) is 0 Å². The second-order valence-corrected chi connectivity index (χ2v) is 6.38. The second kappa shape index (κ2) is 6.22. The van der Waals surface area contributed by atoms with E-state index in [0.717, 1.165) is 71.4 Å². The molecule has 0 aromatic carbocycles. The first-order valence-corrected chi connectivity index (χ1v) is 7.61. The Labute approximate surface area is 120 Å². The van der Waals surface area contributed by atoms with Crippen LogP contribution >= 0.6 is 0 Å². The van der Waals surface area contributed by atoms with Gasteiger partial charge in [0.1, 0.15) is 6.29 Å². The lowest BCUT2D eigenvalue weighted by Crippen LogP contribution is -2.47. The number of fused-ring (bicyclic) bond motifs is 2. The SMILES string of the molecule is CO.O=CC12CCC(NCC(=O)N3CCCC3)(CC1)C2. The second-order valence-electron chi connectivity index (χ2n) is 6.38. The summed E-state index contributed by atoms with van der Waals surface area (Å²) in [7, 11) is 1.00. The number of nitrogens with zero attached hydrogens (tertiary/aromatic N) is 1. The minimum Gasteiger partial charge on any atom is -0.400 e. The van der Waals surface area contributed by atoms with Gasteiger partial charge in [-0.05, 0) is 44.9 Å². The van der Waals surface area contributed by atoms with E-state index in [2.05, 4.69) is 5.32 Å². The third kappa shape index (κ3) is 2.88. The van der Waals surface area contributed by atoms with Crippen molar-refractivity contribution >= 4 is 12.2 Å². The quantitative estimate of drug-likeness (QED) is 0.745. The molecule has 114 valence electrons. The van der Waals surface area contributed by atoms with Crippen LogP contribution in [0.2, 0.25) is 0 Å². The molecule has 1 heterocycles. The van der Waals surface area contributed by atoms with Gasteiger partial charge in [-0.2, -0.15) is 0 Å². The summed E-state index contributed by atoms with van der Waals surface area (Å²) >= 11 is 0. The molecule has 1 saturated heterocycles. The van der Waals surface area contributed by atoms with Gasteiger partial charge in [-0.15, -0.1) is 0 Å². The van der Waals surface area contributed by atoms with Crippen molar-refractivity contribution in [3.63, 3.8) is 0 Å². The molecule has 2 aliphatic carbocycles. The van der Waals surface area contributed by atoms with Gasteiger partial charge in [0, 0.05) is 31.2 Å². The van der Waals surface area contributed by atoms with Crippen molar-refractivity contribution in [3.8, 4) is 0 Å². The largest absolute Gasteiger partial charge is 0.400 e. The van der Waals surface area contributed by atoms with Crippen molar-refractivity contribution in [1.29, 1.82) is 0 Å². The van der Waals surface area contributed by atoms with Gasteiger partial charge >= 0.3 is 0 Å². The molecule has 2 saturated carbocycles. The van der Waals surface area contributed by atoms with Gasteiger partial charge in [0.2, 0.25) is 5.91 Å². The molecule has 0 atom stereocenters. The van der Waals surface area contributed by atoms with Crippen LogP contribution < -0.4 is 5.32 Å². The third-order valence-corrected chi connectivity index (χ3v) is 5.22. The number of aliphatic hydroxyl groups excluding tert-OH is 1. The predicted molar refractivity (Wildman–Crippen MR) is 76.3 cm³/mol. The van der Waals surface area contributed by atoms with Gasteiger partial charge in [-0.1, -0.05) is 0 Å². The molecular formula is C15H26N2O3. The maximum absolute atomic E-state index is 12.0. The molecule has 0 radical (unpaired) electrons. The molecule has 0 unspecified atom stereocenters. The smallest absolute Gasteiger partial charge is 0.236 e. The van der Waals surface area contributed by atoms with Crippen LogP contribution in [0, 0.1) is 5.41 Å². The lowest BCUT2D eigenvalue weighted by atomic mass is 9.86. The normalized spacial score (nSPS) is 34.8. The highest BCUT2D eigenvalue weighted by atomic mass is 16.2. The van der Waals surface area contributed by atoms with E-state index >= 15 is 0 Å². The number of aldehydes is 1. The molecule has 5 nitrogen and oxygen atoms in total. The summed E-state index contributed by atoms with van der Waals surface area (Å²) in [6, 6.07) is 0. The van der Waals surface area contributed by atoms with E-state index in [0.29, 0.717) is 6.54 Å². The van der Waals surface area contributed by atoms with Gasteiger partial charge < -0.3 is 20.1 Å². The van der Waals surface area contributed by atoms with Crippen LogP contribution in [-0.2, 0) is 9.59 Å². The maximum Gasteiger partial charge on any atom is 0.236 e. The monoisotopic (exact) mass is 282 g/mol. The summed E-state index contributed by atoms with van der Waals surface area (Å²) in [6.45, 7) is 2.30. The number of hydrogen-bond acceptors (Lipinski definition) is 4. The molecule has 2 bridgehead atoms. The molecule has 0 spiro atoms. The van der Waals surface area contributed by atoms with Crippen LogP contribution in [-0.4, -0.2) is 54.5 Å². The first kappa shape index (κ1) is 15.4. The zero-order chi connectivity index (χ0) is 14.6. The van der Waals surface area contributed by atoms with E-state index in [1.54, 1.807) is 0 Å². The van der Waals surface area contributed by atoms with E-state index in [1.807, 2.05) is 4.90 Å². The summed E-state index contributed by atoms with van der Waals surface area (Å²) in [5.41, 5.74) is 0.0139. The number of rotatable bonds is 4. The van der Waals surface area contributed by atoms with Crippen molar-refractivity contribution in [2.24, 2.45) is 5.41 Å². The highest BCUT2D eigenvalue weighted by molar-refractivity contribution is 5.78. The Morgan fingerprint density at radius 2 is 1.80 bits per heavy atom. The molecule has 1 aliphatic heterocycles. The average Bonchev–Trinajstić information content (AvgIpc) is 3.22. The number of carbonyl (C=O) groups excluding carboxylic acids is 2. The third-order valence-electron chi connectivity index (χ3n) is 5.22. The van der Waals surface area contributed by atoms with E-state index in [-0.39, 0.29) is 16.9 Å². The molecule has 3 aliphatic rings. The number of likely N-dealkylation sites (tertiary alicyclic amines) is 1. The average molecular weight is 282 g/mol. The first-order valence-electron chi connectivity index (χ1n) is 7.61. The van der Waals surface area contributed by atoms with Crippen molar-refractivity contribution in [2.45, 2.75) is 50.5 Å². The lowest BCUT2D eigenvalue weighted by molar-refractivity contribution is -0.129. The lowest BCUT2D eigenvalue weighted by Gasteiger charge is -2.29. The number of carbonyl (C=O) groups is 2. The Morgan fingerprint density at radius 1 is 1.20 bits per heavy atom. The van der Waals surface area contributed by atoms with Crippen LogP contribution in [0.5, 0.6) is 0 Å². The maximum atomic E-state index is 12.0. The van der Waals surface area contributed by atoms with Gasteiger partial charge in [-0.3, -0.25) is 4.79 Å². The van der Waals surface area contributed by atoms with Crippen molar-refractivity contribution in [2.75, 3.05) is 26.7 Å². The molecule has 5 heteroatoms. The minimum absolute atomic E-state index is 0.0658. The Morgan fingerprint density at radius 3 is 2.30 bits per heavy atom. The van der Waals surface area contributed by atoms with Gasteiger partial charge in [0.15, 0.2) is 0 Å². The molecule has 3 rings (SSSR count). The molecule has 2 N–H and O–H groups in total. The van der Waals surface area contributed by atoms with Gasteiger partial charge in [-0.25, -0.2) is 0 Å². The molecule has 0 aromatic heterocycles. The fourth-order valence-electron chi connectivity index (χ4n) is 3.99. The fourth-order valence-corrected chi connectivity index (χ4v) is 3.99. The standard InChI is InChI=1S/C14H22N2O2.CH4O/c17-11-13-3-5-14(10-13,6-4-13)15-9-12(18)16-7-1-2-8-16;1-2/h11,15H,1-10H2;2H,1H3. The fraction of sp³-hybridized carbons (Fsp3) is 0.867. The van der Waals surface area contributed by atoms with Crippen LogP contribution in [0.15, 0.2) is 0 Å². The number of nitrogens with one attached hydrogen (secondary N) is 1. The van der Waals surface area contributed by atoms with Crippen molar-refractivity contribution in [3.05, 3.63) is 0 Å². The van der Waals surface area contributed by atoms with Crippen LogP contribution in [0.25, 0.3) is 0 Å². The zero-order valence-corrected chi connectivity index (χ0v) is 12.4. The zero-order valence-electron chi connectivity index (χ0n) is 12.4. The van der Waals surface area contributed by atoms with Crippen molar-refractivity contribution < 1.29 is 14.7 Å². The summed E-state index contributed by atoms with van der Waals surface area (Å²) in [6.07, 6.45) is 8.50. The highest BCUT2D eigenvalue weighted by Crippen LogP contribution is 2.55. The van der Waals surface area contributed by atoms with E-state index in [1.165, 1.54) is 0 Å². The van der Waals surface area contributed by atoms with E-state index in [4.69, 9.17) is 5.11 Å². The molecule has 1 amide bonds. The van der Waals surface area contributed by atoms with Crippen LogP contribution in [0.1, 0.15) is 44.9 Å². The minimum atomic E-state index is -0.0658. The Balaban J connectivity index is 0.000000704. The summed E-state index contributed by atoms with van der Waals surface area (Å²) < 4.78 is 0. The molecular weight excluding hydrogens is 256 g/mol. The number of hydrogen-bond donors (Lipinski definition) is 2. The topological polar surface area (TPSA) is 69.6 Å². The molecule has 0 aromatic rings. The Hall–Kier alpha value is -0.940. The summed E-state index contributed by atoms with van der Waals surface area (Å²) in [5, 5.41) is 10.5. The van der Waals surface area contributed by atoms with Gasteiger partial charge in [0.25, 0.3) is 0 Å². The number of amides is 1. The summed E-state index contributed by atoms with van der Waals surface area (Å²) in [5.74, 6) is 0.234. The first-order chi connectivity index (χ1) is 9.67. The van der Waals surface area contributed by atoms with E-state index < -0.39 is 0 Å². The highest BCUT2D eigenvalue weighted by Gasteiger charge is 2.54. The number of aliphatic hydroxyl groups is 1. The molecule has 20 heavy (non-hydrogen) atoms. The van der Waals surface area contributed by atoms with E-state index in [9.17, 15) is 9.59 Å².